The number of aromatic nitrogens is 3. The first kappa shape index (κ1) is 14.6. The Morgan fingerprint density at radius 3 is 2.77 bits per heavy atom. The van der Waals surface area contributed by atoms with Gasteiger partial charge in [-0.05, 0) is 18.6 Å². The van der Waals surface area contributed by atoms with Crippen molar-refractivity contribution in [2.24, 2.45) is 0 Å². The molecule has 0 aliphatic carbocycles. The predicted molar refractivity (Wildman–Crippen MR) is 79.2 cm³/mol. The highest BCUT2D eigenvalue weighted by atomic mass is 35.5. The molecule has 0 unspecified atom stereocenters. The lowest BCUT2D eigenvalue weighted by atomic mass is 10.1. The number of ether oxygens (including phenoxy) is 1. The Labute approximate surface area is 132 Å². The van der Waals surface area contributed by atoms with Crippen LogP contribution in [0.4, 0.5) is 0 Å². The van der Waals surface area contributed by atoms with Crippen LogP contribution in [0.3, 0.4) is 0 Å². The summed E-state index contributed by atoms with van der Waals surface area (Å²) in [6.45, 7) is 1.83. The van der Waals surface area contributed by atoms with E-state index in [0.29, 0.717) is 35.3 Å². The highest BCUT2D eigenvalue weighted by molar-refractivity contribution is 6.32. The van der Waals surface area contributed by atoms with E-state index < -0.39 is 0 Å². The summed E-state index contributed by atoms with van der Waals surface area (Å²) < 4.78 is 15.4. The molecule has 3 rings (SSSR count). The summed E-state index contributed by atoms with van der Waals surface area (Å²) in [6, 6.07) is 7.42. The Morgan fingerprint density at radius 1 is 1.18 bits per heavy atom. The second kappa shape index (κ2) is 6.19. The van der Waals surface area contributed by atoms with E-state index in [4.69, 9.17) is 25.4 Å². The fourth-order valence-corrected chi connectivity index (χ4v) is 2.38. The summed E-state index contributed by atoms with van der Waals surface area (Å²) in [4.78, 5) is 4.35. The van der Waals surface area contributed by atoms with Crippen LogP contribution < -0.4 is 4.74 Å². The molecule has 114 valence electrons. The molecule has 3 aromatic rings. The topological polar surface area (TPSA) is 74.2 Å². The van der Waals surface area contributed by atoms with E-state index in [1.807, 2.05) is 25.1 Å². The van der Waals surface area contributed by atoms with Crippen molar-refractivity contribution in [3.63, 3.8) is 0 Å². The van der Waals surface area contributed by atoms with Gasteiger partial charge < -0.3 is 13.8 Å². The smallest absolute Gasteiger partial charge is 0.232 e. The van der Waals surface area contributed by atoms with E-state index in [9.17, 15) is 0 Å². The third-order valence-electron chi connectivity index (χ3n) is 3.13. The van der Waals surface area contributed by atoms with Gasteiger partial charge in [0.1, 0.15) is 11.5 Å². The van der Waals surface area contributed by atoms with Crippen LogP contribution in [0.1, 0.15) is 28.7 Å². The first-order chi connectivity index (χ1) is 10.7. The summed E-state index contributed by atoms with van der Waals surface area (Å²) in [6.07, 6.45) is 0.910. The Kier molecular flexibility index (Phi) is 4.11. The highest BCUT2D eigenvalue weighted by Gasteiger charge is 2.13. The SMILES string of the molecule is COc1cccc(Cc2noc(Cc3cc(C)on3)n2)c1Cl. The average Bonchev–Trinajstić information content (AvgIpc) is 3.11. The molecule has 1 aromatic carbocycles. The van der Waals surface area contributed by atoms with E-state index in [2.05, 4.69) is 15.3 Å². The maximum atomic E-state index is 6.26. The minimum Gasteiger partial charge on any atom is -0.495 e. The quantitative estimate of drug-likeness (QED) is 0.719. The largest absolute Gasteiger partial charge is 0.495 e. The summed E-state index contributed by atoms with van der Waals surface area (Å²) in [5.41, 5.74) is 1.64. The van der Waals surface area contributed by atoms with Gasteiger partial charge in [0.15, 0.2) is 5.82 Å². The fraction of sp³-hybridized carbons (Fsp3) is 0.267. The van der Waals surface area contributed by atoms with Gasteiger partial charge in [0.2, 0.25) is 5.89 Å². The molecule has 22 heavy (non-hydrogen) atoms. The van der Waals surface area contributed by atoms with Crippen LogP contribution in [0, 0.1) is 6.92 Å². The summed E-state index contributed by atoms with van der Waals surface area (Å²) in [5, 5.41) is 8.43. The highest BCUT2D eigenvalue weighted by Crippen LogP contribution is 2.28. The van der Waals surface area contributed by atoms with Crippen molar-refractivity contribution >= 4 is 11.6 Å². The van der Waals surface area contributed by atoms with Gasteiger partial charge in [-0.15, -0.1) is 0 Å². The Balaban J connectivity index is 1.74. The Morgan fingerprint density at radius 2 is 2.05 bits per heavy atom. The molecular weight excluding hydrogens is 306 g/mol. The van der Waals surface area contributed by atoms with Crippen LogP contribution >= 0.6 is 11.6 Å². The van der Waals surface area contributed by atoms with E-state index >= 15 is 0 Å². The van der Waals surface area contributed by atoms with Gasteiger partial charge in [-0.25, -0.2) is 0 Å². The van der Waals surface area contributed by atoms with Crippen molar-refractivity contribution in [3.05, 3.63) is 58.0 Å². The van der Waals surface area contributed by atoms with Crippen molar-refractivity contribution in [1.29, 1.82) is 0 Å². The molecule has 2 heterocycles. The van der Waals surface area contributed by atoms with E-state index in [1.165, 1.54) is 0 Å². The Hall–Kier alpha value is -2.34. The third kappa shape index (κ3) is 3.12. The van der Waals surface area contributed by atoms with Crippen LogP contribution in [-0.4, -0.2) is 22.4 Å². The molecule has 7 heteroatoms. The van der Waals surface area contributed by atoms with Crippen molar-refractivity contribution < 1.29 is 13.8 Å². The lowest BCUT2D eigenvalue weighted by Crippen LogP contribution is -1.95. The zero-order valence-corrected chi connectivity index (χ0v) is 12.9. The molecule has 0 bridgehead atoms. The maximum Gasteiger partial charge on any atom is 0.232 e. The third-order valence-corrected chi connectivity index (χ3v) is 3.56. The van der Waals surface area contributed by atoms with E-state index in [0.717, 1.165) is 17.0 Å². The summed E-state index contributed by atoms with van der Waals surface area (Å²) in [7, 11) is 1.58. The monoisotopic (exact) mass is 319 g/mol. The molecule has 0 saturated carbocycles. The first-order valence-electron chi connectivity index (χ1n) is 6.70. The van der Waals surface area contributed by atoms with Gasteiger partial charge in [-0.3, -0.25) is 0 Å². The molecule has 0 aliphatic heterocycles. The number of hydrogen-bond donors (Lipinski definition) is 0. The predicted octanol–water partition coefficient (Wildman–Crippen LogP) is 3.21. The van der Waals surface area contributed by atoms with Gasteiger partial charge in [-0.2, -0.15) is 4.98 Å². The maximum absolute atomic E-state index is 6.26. The lowest BCUT2D eigenvalue weighted by Gasteiger charge is -2.06. The number of halogens is 1. The summed E-state index contributed by atoms with van der Waals surface area (Å²) >= 11 is 6.26. The molecule has 0 saturated heterocycles. The minimum absolute atomic E-state index is 0.441. The zero-order valence-electron chi connectivity index (χ0n) is 12.2. The number of hydrogen-bond acceptors (Lipinski definition) is 6. The molecular formula is C15H14ClN3O3. The molecule has 0 spiro atoms. The number of benzene rings is 1. The van der Waals surface area contributed by atoms with E-state index in [-0.39, 0.29) is 0 Å². The molecule has 6 nitrogen and oxygen atoms in total. The van der Waals surface area contributed by atoms with Crippen molar-refractivity contribution in [3.8, 4) is 5.75 Å². The van der Waals surface area contributed by atoms with Crippen LogP contribution in [0.15, 0.2) is 33.3 Å². The Bertz CT molecular complexity index is 782. The number of rotatable bonds is 5. The van der Waals surface area contributed by atoms with Crippen LogP contribution in [-0.2, 0) is 12.8 Å². The molecule has 0 N–H and O–H groups in total. The van der Waals surface area contributed by atoms with Gasteiger partial charge >= 0.3 is 0 Å². The molecule has 0 radical (unpaired) electrons. The molecule has 2 aromatic heterocycles. The average molecular weight is 320 g/mol. The van der Waals surface area contributed by atoms with Crippen LogP contribution in [0.5, 0.6) is 5.75 Å². The number of aryl methyl sites for hydroxylation is 1. The van der Waals surface area contributed by atoms with Gasteiger partial charge in [-0.1, -0.05) is 34.0 Å². The van der Waals surface area contributed by atoms with Crippen molar-refractivity contribution in [2.75, 3.05) is 7.11 Å². The second-order valence-electron chi connectivity index (χ2n) is 4.82. The van der Waals surface area contributed by atoms with Gasteiger partial charge in [0, 0.05) is 12.5 Å². The standard InChI is InChI=1S/C15H14ClN3O3/c1-9-6-11(18-21-9)8-14-17-13(19-22-14)7-10-4-3-5-12(20-2)15(10)16/h3-6H,7-8H2,1-2H3. The number of methoxy groups -OCH3 is 1. The zero-order chi connectivity index (χ0) is 15.5. The van der Waals surface area contributed by atoms with Crippen molar-refractivity contribution in [2.45, 2.75) is 19.8 Å². The molecule has 0 aliphatic rings. The van der Waals surface area contributed by atoms with Gasteiger partial charge in [0.25, 0.3) is 0 Å². The molecule has 0 fully saturated rings. The fourth-order valence-electron chi connectivity index (χ4n) is 2.11. The summed E-state index contributed by atoms with van der Waals surface area (Å²) in [5.74, 6) is 2.42. The van der Waals surface area contributed by atoms with Crippen LogP contribution in [0.25, 0.3) is 0 Å². The van der Waals surface area contributed by atoms with Gasteiger partial charge in [0.05, 0.1) is 24.2 Å². The second-order valence-corrected chi connectivity index (χ2v) is 5.20. The van der Waals surface area contributed by atoms with Crippen LogP contribution in [0.2, 0.25) is 5.02 Å². The normalized spacial score (nSPS) is 10.9. The number of nitrogens with zero attached hydrogens (tertiary/aromatic N) is 3. The minimum atomic E-state index is 0.441. The van der Waals surface area contributed by atoms with Crippen molar-refractivity contribution in [1.82, 2.24) is 15.3 Å². The first-order valence-corrected chi connectivity index (χ1v) is 7.08. The molecule has 0 atom stereocenters. The molecule has 0 amide bonds. The van der Waals surface area contributed by atoms with E-state index in [1.54, 1.807) is 13.2 Å². The lowest BCUT2D eigenvalue weighted by molar-refractivity contribution is 0.368.